The first kappa shape index (κ1) is 22.9. The molecule has 0 radical (unpaired) electrons. The molecule has 1 saturated heterocycles. The molecule has 2 aliphatic rings. The van der Waals surface area contributed by atoms with E-state index in [4.69, 9.17) is 9.16 Å². The van der Waals surface area contributed by atoms with Gasteiger partial charge in [0.15, 0.2) is 8.32 Å². The van der Waals surface area contributed by atoms with Gasteiger partial charge < -0.3 is 14.3 Å². The molecule has 27 heavy (non-hydrogen) atoms. The minimum Gasteiger partial charge on any atom is -0.462 e. The topological polar surface area (TPSA) is 55.8 Å². The summed E-state index contributed by atoms with van der Waals surface area (Å²) < 4.78 is 11.6. The van der Waals surface area contributed by atoms with E-state index in [9.17, 15) is 9.90 Å². The first-order valence-corrected chi connectivity index (χ1v) is 13.9. The van der Waals surface area contributed by atoms with Gasteiger partial charge in [0.25, 0.3) is 0 Å². The van der Waals surface area contributed by atoms with Crippen molar-refractivity contribution in [2.75, 3.05) is 6.61 Å². The van der Waals surface area contributed by atoms with Crippen LogP contribution in [0.25, 0.3) is 0 Å². The zero-order valence-electron chi connectivity index (χ0n) is 18.4. The quantitative estimate of drug-likeness (QED) is 0.308. The van der Waals surface area contributed by atoms with Crippen molar-refractivity contribution >= 4 is 14.3 Å². The number of fused-ring (bicyclic) bond motifs is 1. The summed E-state index contributed by atoms with van der Waals surface area (Å²) in [5, 5.41) is 10.6. The first-order chi connectivity index (χ1) is 12.5. The van der Waals surface area contributed by atoms with Crippen molar-refractivity contribution in [3.63, 3.8) is 0 Å². The molecule has 0 bridgehead atoms. The Morgan fingerprint density at radius 3 is 2.59 bits per heavy atom. The Balaban J connectivity index is 1.56. The van der Waals surface area contributed by atoms with Crippen molar-refractivity contribution in [1.82, 2.24) is 0 Å². The number of ether oxygens (including phenoxy) is 1. The summed E-state index contributed by atoms with van der Waals surface area (Å²) in [6.07, 6.45) is 7.56. The molecule has 2 unspecified atom stereocenters. The van der Waals surface area contributed by atoms with E-state index in [0.29, 0.717) is 24.2 Å². The number of unbranched alkanes of at least 4 members (excludes halogenated alkanes) is 2. The van der Waals surface area contributed by atoms with Crippen molar-refractivity contribution in [3.8, 4) is 0 Å². The number of carbonyl (C=O) groups excluding carboxylic acids is 1. The molecule has 5 atom stereocenters. The van der Waals surface area contributed by atoms with Gasteiger partial charge in [-0.15, -0.1) is 0 Å². The number of hydrogen-bond donors (Lipinski definition) is 1. The zero-order chi connectivity index (χ0) is 20.2. The highest BCUT2D eigenvalue weighted by molar-refractivity contribution is 6.74. The molecule has 5 heteroatoms. The third kappa shape index (κ3) is 6.30. The molecule has 0 aromatic carbocycles. The molecule has 0 spiro atoms. The molecule has 1 N–H and O–H groups in total. The van der Waals surface area contributed by atoms with Gasteiger partial charge in [-0.2, -0.15) is 0 Å². The predicted octanol–water partition coefficient (Wildman–Crippen LogP) is 5.30. The van der Waals surface area contributed by atoms with E-state index >= 15 is 0 Å². The standard InChI is InChI=1S/C22H42O4Si/c1-16-14-20-19(15-21(24)26-20)18(16)12-11-17(23)10-8-7-9-13-25-27(5,6)22(2,3)4/h16-20,23H,7-15H2,1-6H3/t16-,17?,18?,19-,20+/m1/s1. The van der Waals surface area contributed by atoms with Crippen molar-refractivity contribution in [3.05, 3.63) is 0 Å². The lowest BCUT2D eigenvalue weighted by Gasteiger charge is -2.36. The maximum Gasteiger partial charge on any atom is 0.306 e. The third-order valence-electron chi connectivity index (χ3n) is 7.33. The van der Waals surface area contributed by atoms with Gasteiger partial charge in [0.1, 0.15) is 6.10 Å². The van der Waals surface area contributed by atoms with E-state index in [1.54, 1.807) is 0 Å². The molecular weight excluding hydrogens is 356 g/mol. The lowest BCUT2D eigenvalue weighted by molar-refractivity contribution is -0.141. The Morgan fingerprint density at radius 2 is 1.93 bits per heavy atom. The predicted molar refractivity (Wildman–Crippen MR) is 112 cm³/mol. The Bertz CT molecular complexity index is 485. The zero-order valence-corrected chi connectivity index (χ0v) is 19.4. The molecule has 0 aromatic heterocycles. The molecule has 0 amide bonds. The smallest absolute Gasteiger partial charge is 0.306 e. The molecular formula is C22H42O4Si. The fourth-order valence-corrected chi connectivity index (χ4v) is 5.56. The maximum atomic E-state index is 11.5. The van der Waals surface area contributed by atoms with E-state index in [2.05, 4.69) is 40.8 Å². The number of rotatable bonds is 10. The van der Waals surface area contributed by atoms with Crippen molar-refractivity contribution in [2.45, 2.75) is 109 Å². The van der Waals surface area contributed by atoms with Crippen LogP contribution < -0.4 is 0 Å². The SMILES string of the molecule is C[C@@H]1C[C@@H]2OC(=O)C[C@@H]2C1CCC(O)CCCCCO[Si](C)(C)C(C)(C)C. The van der Waals surface area contributed by atoms with Crippen LogP contribution in [0.2, 0.25) is 18.1 Å². The highest BCUT2D eigenvalue weighted by Gasteiger charge is 2.47. The van der Waals surface area contributed by atoms with Crippen LogP contribution in [-0.2, 0) is 14.0 Å². The lowest BCUT2D eigenvalue weighted by atomic mass is 9.84. The normalized spacial score (nSPS) is 29.7. The Kier molecular flexibility index (Phi) is 7.97. The number of esters is 1. The van der Waals surface area contributed by atoms with E-state index < -0.39 is 8.32 Å². The summed E-state index contributed by atoms with van der Waals surface area (Å²) in [5.41, 5.74) is 0. The molecule has 1 aliphatic heterocycles. The highest BCUT2D eigenvalue weighted by atomic mass is 28.4. The summed E-state index contributed by atoms with van der Waals surface area (Å²) in [7, 11) is -1.62. The average molecular weight is 399 g/mol. The van der Waals surface area contributed by atoms with E-state index in [1.165, 1.54) is 0 Å². The summed E-state index contributed by atoms with van der Waals surface area (Å²) in [6.45, 7) is 14.5. The minimum absolute atomic E-state index is 0.0256. The minimum atomic E-state index is -1.62. The summed E-state index contributed by atoms with van der Waals surface area (Å²) in [5.74, 6) is 1.51. The van der Waals surface area contributed by atoms with Crippen LogP contribution in [0.4, 0.5) is 0 Å². The second-order valence-corrected chi connectivity index (χ2v) is 15.3. The van der Waals surface area contributed by atoms with Crippen LogP contribution in [0.1, 0.15) is 79.1 Å². The van der Waals surface area contributed by atoms with E-state index in [0.717, 1.165) is 51.6 Å². The third-order valence-corrected chi connectivity index (χ3v) is 11.9. The van der Waals surface area contributed by atoms with Crippen LogP contribution in [0.3, 0.4) is 0 Å². The second kappa shape index (κ2) is 9.40. The summed E-state index contributed by atoms with van der Waals surface area (Å²) in [4.78, 5) is 11.5. The van der Waals surface area contributed by atoms with Gasteiger partial charge in [0.2, 0.25) is 0 Å². The van der Waals surface area contributed by atoms with Gasteiger partial charge in [-0.25, -0.2) is 0 Å². The molecule has 1 heterocycles. The molecule has 0 aromatic rings. The van der Waals surface area contributed by atoms with Crippen molar-refractivity contribution < 1.29 is 19.1 Å². The summed E-state index contributed by atoms with van der Waals surface area (Å²) >= 11 is 0. The van der Waals surface area contributed by atoms with Crippen LogP contribution in [-0.4, -0.2) is 38.2 Å². The van der Waals surface area contributed by atoms with E-state index in [-0.39, 0.29) is 23.2 Å². The van der Waals surface area contributed by atoms with E-state index in [1.807, 2.05) is 0 Å². The largest absolute Gasteiger partial charge is 0.462 e. The molecule has 158 valence electrons. The van der Waals surface area contributed by atoms with Crippen molar-refractivity contribution in [1.29, 1.82) is 0 Å². The molecule has 1 saturated carbocycles. The number of hydrogen-bond acceptors (Lipinski definition) is 4. The monoisotopic (exact) mass is 398 g/mol. The number of carbonyl (C=O) groups is 1. The van der Waals surface area contributed by atoms with Gasteiger partial charge in [0.05, 0.1) is 12.5 Å². The van der Waals surface area contributed by atoms with Crippen LogP contribution in [0, 0.1) is 17.8 Å². The maximum absolute atomic E-state index is 11.5. The van der Waals surface area contributed by atoms with Crippen LogP contribution >= 0.6 is 0 Å². The first-order valence-electron chi connectivity index (χ1n) is 11.0. The molecule has 2 fully saturated rings. The molecule has 2 rings (SSSR count). The van der Waals surface area contributed by atoms with Gasteiger partial charge >= 0.3 is 5.97 Å². The van der Waals surface area contributed by atoms with Gasteiger partial charge in [-0.1, -0.05) is 40.5 Å². The second-order valence-electron chi connectivity index (χ2n) is 10.5. The average Bonchev–Trinajstić information content (AvgIpc) is 3.02. The molecule has 4 nitrogen and oxygen atoms in total. The fourth-order valence-electron chi connectivity index (χ4n) is 4.47. The molecule has 1 aliphatic carbocycles. The summed E-state index contributed by atoms with van der Waals surface area (Å²) in [6, 6.07) is 0. The Morgan fingerprint density at radius 1 is 1.22 bits per heavy atom. The number of aliphatic hydroxyl groups excluding tert-OH is 1. The fraction of sp³-hybridized carbons (Fsp3) is 0.955. The van der Waals surface area contributed by atoms with Gasteiger partial charge in [-0.05, 0) is 62.1 Å². The van der Waals surface area contributed by atoms with Crippen LogP contribution in [0.15, 0.2) is 0 Å². The lowest BCUT2D eigenvalue weighted by Crippen LogP contribution is -2.40. The van der Waals surface area contributed by atoms with Gasteiger partial charge in [0, 0.05) is 12.5 Å². The van der Waals surface area contributed by atoms with Gasteiger partial charge in [-0.3, -0.25) is 4.79 Å². The Labute approximate surface area is 167 Å². The highest BCUT2D eigenvalue weighted by Crippen LogP contribution is 2.46. The Hall–Kier alpha value is -0.393. The number of aliphatic hydroxyl groups is 1. The van der Waals surface area contributed by atoms with Crippen LogP contribution in [0.5, 0.6) is 0 Å². The van der Waals surface area contributed by atoms with Crippen molar-refractivity contribution in [2.24, 2.45) is 17.8 Å².